The smallest absolute Gasteiger partial charge is 0.409 e. The van der Waals surface area contributed by atoms with Gasteiger partial charge in [0.25, 0.3) is 0 Å². The van der Waals surface area contributed by atoms with Gasteiger partial charge in [0.05, 0.1) is 26.4 Å². The summed E-state index contributed by atoms with van der Waals surface area (Å²) in [5, 5.41) is 3.28. The quantitative estimate of drug-likeness (QED) is 0.522. The molecule has 0 spiro atoms. The minimum absolute atomic E-state index is 0.199. The van der Waals surface area contributed by atoms with Gasteiger partial charge >= 0.3 is 6.09 Å². The lowest BCUT2D eigenvalue weighted by Gasteiger charge is -2.31. The topological polar surface area (TPSA) is 98.4 Å². The Hall–Kier alpha value is -2.64. The van der Waals surface area contributed by atoms with Gasteiger partial charge in [-0.25, -0.2) is 9.79 Å². The van der Waals surface area contributed by atoms with Crippen molar-refractivity contribution < 1.29 is 19.0 Å². The van der Waals surface area contributed by atoms with Crippen LogP contribution in [-0.2, 0) is 11.3 Å². The van der Waals surface area contributed by atoms with Crippen molar-refractivity contribution in [3.8, 4) is 11.5 Å². The number of piperidine rings is 1. The maximum Gasteiger partial charge on any atom is 0.409 e. The number of aliphatic imine (C=N–C) groups is 1. The molecule has 166 valence electrons. The summed E-state index contributed by atoms with van der Waals surface area (Å²) in [5.74, 6) is 2.00. The van der Waals surface area contributed by atoms with Crippen LogP contribution in [-0.4, -0.2) is 55.9 Å². The number of nitrogens with two attached hydrogens (primary N) is 1. The van der Waals surface area contributed by atoms with Crippen molar-refractivity contribution in [2.24, 2.45) is 10.7 Å². The highest BCUT2D eigenvalue weighted by molar-refractivity contribution is 5.78. The van der Waals surface area contributed by atoms with Gasteiger partial charge in [-0.1, -0.05) is 0 Å². The van der Waals surface area contributed by atoms with Gasteiger partial charge < -0.3 is 30.2 Å². The molecule has 1 saturated heterocycles. The summed E-state index contributed by atoms with van der Waals surface area (Å²) in [6.07, 6.45) is 6.26. The summed E-state index contributed by atoms with van der Waals surface area (Å²) in [4.78, 5) is 18.1. The van der Waals surface area contributed by atoms with Gasteiger partial charge in [-0.3, -0.25) is 0 Å². The number of carbonyl (C=O) groups excluding carboxylic acids is 1. The van der Waals surface area contributed by atoms with Gasteiger partial charge in [0.2, 0.25) is 0 Å². The van der Waals surface area contributed by atoms with Crippen LogP contribution in [0.15, 0.2) is 23.2 Å². The minimum atomic E-state index is -0.244. The normalized spacial score (nSPS) is 18.3. The van der Waals surface area contributed by atoms with Crippen LogP contribution in [0.25, 0.3) is 0 Å². The average molecular weight is 419 g/mol. The molecule has 0 aromatic heterocycles. The monoisotopic (exact) mass is 418 g/mol. The predicted octanol–water partition coefficient (Wildman–Crippen LogP) is 3.04. The number of guanidine groups is 1. The van der Waals surface area contributed by atoms with Crippen LogP contribution in [0.5, 0.6) is 11.5 Å². The summed E-state index contributed by atoms with van der Waals surface area (Å²) < 4.78 is 16.6. The molecule has 3 rings (SSSR count). The first-order valence-electron chi connectivity index (χ1n) is 10.9. The molecule has 8 nitrogen and oxygen atoms in total. The Kier molecular flexibility index (Phi) is 8.04. The summed E-state index contributed by atoms with van der Waals surface area (Å²) in [6, 6.07) is 6.03. The lowest BCUT2D eigenvalue weighted by atomic mass is 10.1. The molecule has 1 aromatic rings. The highest BCUT2D eigenvalue weighted by Gasteiger charge is 2.24. The van der Waals surface area contributed by atoms with E-state index in [1.807, 2.05) is 25.1 Å². The predicted molar refractivity (Wildman–Crippen MR) is 116 cm³/mol. The number of hydrogen-bond donors (Lipinski definition) is 2. The van der Waals surface area contributed by atoms with E-state index in [-0.39, 0.29) is 18.2 Å². The zero-order chi connectivity index (χ0) is 21.3. The maximum absolute atomic E-state index is 11.8. The Labute approximate surface area is 178 Å². The van der Waals surface area contributed by atoms with Crippen LogP contribution in [0.3, 0.4) is 0 Å². The van der Waals surface area contributed by atoms with Gasteiger partial charge in [0.1, 0.15) is 11.5 Å². The number of rotatable bonds is 7. The summed E-state index contributed by atoms with van der Waals surface area (Å²) >= 11 is 0. The number of hydrogen-bond acceptors (Lipinski definition) is 5. The Morgan fingerprint density at radius 2 is 1.97 bits per heavy atom. The Morgan fingerprint density at radius 3 is 2.63 bits per heavy atom. The fourth-order valence-electron chi connectivity index (χ4n) is 3.93. The number of benzene rings is 1. The lowest BCUT2D eigenvalue weighted by molar-refractivity contribution is 0.0963. The van der Waals surface area contributed by atoms with Crippen molar-refractivity contribution in [2.75, 3.05) is 26.8 Å². The highest BCUT2D eigenvalue weighted by Crippen LogP contribution is 2.30. The molecule has 1 heterocycles. The maximum atomic E-state index is 11.8. The number of nitrogens with one attached hydrogen (secondary N) is 1. The zero-order valence-corrected chi connectivity index (χ0v) is 18.1. The fourth-order valence-corrected chi connectivity index (χ4v) is 3.93. The SMILES string of the molecule is CCOC(=O)N1CCC(NC(N)=NCc2ccc(OC)cc2OC2CCCC2)CC1. The van der Waals surface area contributed by atoms with E-state index in [1.54, 1.807) is 12.0 Å². The molecule has 1 amide bonds. The van der Waals surface area contributed by atoms with Crippen LogP contribution in [0.2, 0.25) is 0 Å². The standard InChI is InChI=1S/C22H34N4O4/c1-3-29-22(27)26-12-10-17(11-13-26)25-21(23)24-15-16-8-9-19(28-2)14-20(16)30-18-6-4-5-7-18/h8-9,14,17-18H,3-7,10-13,15H2,1-2H3,(H3,23,24,25). The lowest BCUT2D eigenvalue weighted by Crippen LogP contribution is -2.48. The fraction of sp³-hybridized carbons (Fsp3) is 0.636. The van der Waals surface area contributed by atoms with Gasteiger partial charge in [-0.05, 0) is 57.6 Å². The van der Waals surface area contributed by atoms with E-state index in [0.29, 0.717) is 32.2 Å². The Morgan fingerprint density at radius 1 is 1.23 bits per heavy atom. The third-order valence-corrected chi connectivity index (χ3v) is 5.66. The molecule has 0 radical (unpaired) electrons. The van der Waals surface area contributed by atoms with Gasteiger partial charge in [-0.15, -0.1) is 0 Å². The third kappa shape index (κ3) is 6.18. The van der Waals surface area contributed by atoms with Gasteiger partial charge in [0, 0.05) is 30.8 Å². The van der Waals surface area contributed by atoms with E-state index >= 15 is 0 Å². The van der Waals surface area contributed by atoms with Crippen LogP contribution >= 0.6 is 0 Å². The first kappa shape index (κ1) is 22.1. The number of ether oxygens (including phenoxy) is 3. The van der Waals surface area contributed by atoms with E-state index in [4.69, 9.17) is 19.9 Å². The first-order valence-corrected chi connectivity index (χ1v) is 10.9. The van der Waals surface area contributed by atoms with E-state index in [2.05, 4.69) is 10.3 Å². The highest BCUT2D eigenvalue weighted by atomic mass is 16.6. The molecule has 2 fully saturated rings. The van der Waals surface area contributed by atoms with E-state index in [9.17, 15) is 4.79 Å². The summed E-state index contributed by atoms with van der Waals surface area (Å²) in [6.45, 7) is 3.96. The first-order chi connectivity index (χ1) is 14.6. The van der Waals surface area contributed by atoms with Crippen molar-refractivity contribution in [3.63, 3.8) is 0 Å². The van der Waals surface area contributed by atoms with Crippen LogP contribution in [0, 0.1) is 0 Å². The number of carbonyl (C=O) groups is 1. The second kappa shape index (κ2) is 10.9. The molecule has 3 N–H and O–H groups in total. The minimum Gasteiger partial charge on any atom is -0.497 e. The van der Waals surface area contributed by atoms with Crippen molar-refractivity contribution in [3.05, 3.63) is 23.8 Å². The molecule has 0 bridgehead atoms. The molecular weight excluding hydrogens is 384 g/mol. The molecule has 1 aromatic carbocycles. The molecule has 1 aliphatic heterocycles. The van der Waals surface area contributed by atoms with E-state index in [0.717, 1.165) is 42.7 Å². The molecule has 8 heteroatoms. The molecule has 0 unspecified atom stereocenters. The van der Waals surface area contributed by atoms with Crippen LogP contribution < -0.4 is 20.5 Å². The second-order valence-electron chi connectivity index (χ2n) is 7.80. The van der Waals surface area contributed by atoms with Crippen LogP contribution in [0.1, 0.15) is 51.0 Å². The molecular formula is C22H34N4O4. The van der Waals surface area contributed by atoms with Crippen molar-refractivity contribution in [1.82, 2.24) is 10.2 Å². The summed E-state index contributed by atoms with van der Waals surface area (Å²) in [7, 11) is 1.65. The Bertz CT molecular complexity index is 726. The van der Waals surface area contributed by atoms with Crippen molar-refractivity contribution >= 4 is 12.1 Å². The van der Waals surface area contributed by atoms with E-state index < -0.39 is 0 Å². The van der Waals surface area contributed by atoms with Gasteiger partial charge in [0.15, 0.2) is 5.96 Å². The largest absolute Gasteiger partial charge is 0.497 e. The van der Waals surface area contributed by atoms with Crippen LogP contribution in [0.4, 0.5) is 4.79 Å². The molecule has 1 aliphatic carbocycles. The van der Waals surface area contributed by atoms with E-state index in [1.165, 1.54) is 12.8 Å². The zero-order valence-electron chi connectivity index (χ0n) is 18.1. The van der Waals surface area contributed by atoms with Crippen molar-refractivity contribution in [1.29, 1.82) is 0 Å². The second-order valence-corrected chi connectivity index (χ2v) is 7.80. The molecule has 0 atom stereocenters. The summed E-state index contributed by atoms with van der Waals surface area (Å²) in [5.41, 5.74) is 7.12. The molecule has 30 heavy (non-hydrogen) atoms. The third-order valence-electron chi connectivity index (χ3n) is 5.66. The number of amides is 1. The number of nitrogens with zero attached hydrogens (tertiary/aromatic N) is 2. The average Bonchev–Trinajstić information content (AvgIpc) is 3.26. The Balaban J connectivity index is 1.54. The van der Waals surface area contributed by atoms with Gasteiger partial charge in [-0.2, -0.15) is 0 Å². The number of likely N-dealkylation sites (tertiary alicyclic amines) is 1. The molecule has 2 aliphatic rings. The van der Waals surface area contributed by atoms with Crippen molar-refractivity contribution in [2.45, 2.75) is 64.1 Å². The number of methoxy groups -OCH3 is 1. The molecule has 1 saturated carbocycles.